The number of carbonyl (C=O) groups excluding carboxylic acids is 1. The monoisotopic (exact) mass is 530 g/mol. The minimum atomic E-state index is -0.548. The SMILES string of the molecule is Cc1c(-c2ccc(F)cc2)nn(CC2CC2)c1Nc1cc(-n2cc3c(n2)CN(C(=O)OC(C)(C)C)C3)ncn1. The van der Waals surface area contributed by atoms with Gasteiger partial charge >= 0.3 is 6.09 Å². The molecule has 0 saturated heterocycles. The van der Waals surface area contributed by atoms with Crippen LogP contribution in [-0.2, 0) is 24.4 Å². The highest BCUT2D eigenvalue weighted by Crippen LogP contribution is 2.35. The molecule has 39 heavy (non-hydrogen) atoms. The number of nitrogens with zero attached hydrogens (tertiary/aromatic N) is 7. The Labute approximate surface area is 225 Å². The molecule has 0 unspecified atom stereocenters. The summed E-state index contributed by atoms with van der Waals surface area (Å²) in [6, 6.07) is 8.23. The van der Waals surface area contributed by atoms with Crippen LogP contribution in [0.15, 0.2) is 42.9 Å². The minimum absolute atomic E-state index is 0.275. The molecule has 1 aliphatic carbocycles. The molecule has 3 aromatic heterocycles. The average Bonchev–Trinajstić information content (AvgIpc) is 3.35. The van der Waals surface area contributed by atoms with Crippen LogP contribution in [0.2, 0.25) is 0 Å². The van der Waals surface area contributed by atoms with Crippen molar-refractivity contribution in [2.45, 2.75) is 65.8 Å². The Morgan fingerprint density at radius 3 is 2.59 bits per heavy atom. The lowest BCUT2D eigenvalue weighted by Crippen LogP contribution is -2.33. The van der Waals surface area contributed by atoms with Crippen molar-refractivity contribution in [3.8, 4) is 17.1 Å². The van der Waals surface area contributed by atoms with Crippen molar-refractivity contribution in [3.05, 3.63) is 65.5 Å². The highest BCUT2D eigenvalue weighted by Gasteiger charge is 2.30. The van der Waals surface area contributed by atoms with Crippen molar-refractivity contribution in [1.82, 2.24) is 34.4 Å². The van der Waals surface area contributed by atoms with Gasteiger partial charge in [-0.3, -0.25) is 4.90 Å². The summed E-state index contributed by atoms with van der Waals surface area (Å²) in [7, 11) is 0. The van der Waals surface area contributed by atoms with E-state index in [-0.39, 0.29) is 11.9 Å². The van der Waals surface area contributed by atoms with Crippen LogP contribution in [0.25, 0.3) is 17.1 Å². The van der Waals surface area contributed by atoms with Gasteiger partial charge in [0, 0.05) is 35.5 Å². The van der Waals surface area contributed by atoms with Crippen LogP contribution >= 0.6 is 0 Å². The first kappa shape index (κ1) is 25.0. The Bertz CT molecular complexity index is 1510. The van der Waals surface area contributed by atoms with Gasteiger partial charge in [-0.2, -0.15) is 10.2 Å². The van der Waals surface area contributed by atoms with Crippen molar-refractivity contribution >= 4 is 17.7 Å². The summed E-state index contributed by atoms with van der Waals surface area (Å²) in [4.78, 5) is 22.9. The van der Waals surface area contributed by atoms with E-state index in [0.29, 0.717) is 30.6 Å². The zero-order chi connectivity index (χ0) is 27.3. The van der Waals surface area contributed by atoms with Crippen molar-refractivity contribution in [1.29, 1.82) is 0 Å². The Morgan fingerprint density at radius 1 is 1.13 bits per heavy atom. The second-order valence-corrected chi connectivity index (χ2v) is 11.2. The number of aromatic nitrogens is 6. The molecule has 1 N–H and O–H groups in total. The first-order chi connectivity index (χ1) is 18.6. The smallest absolute Gasteiger partial charge is 0.410 e. The molecule has 11 heteroatoms. The quantitative estimate of drug-likeness (QED) is 0.357. The average molecular weight is 531 g/mol. The summed E-state index contributed by atoms with van der Waals surface area (Å²) in [6.45, 7) is 9.20. The van der Waals surface area contributed by atoms with Gasteiger partial charge in [-0.25, -0.2) is 28.5 Å². The van der Waals surface area contributed by atoms with Crippen molar-refractivity contribution in [2.24, 2.45) is 5.92 Å². The zero-order valence-electron chi connectivity index (χ0n) is 22.5. The Hall–Kier alpha value is -4.28. The molecule has 0 radical (unpaired) electrons. The molecule has 2 aliphatic rings. The summed E-state index contributed by atoms with van der Waals surface area (Å²) in [5.41, 5.74) is 3.86. The summed E-state index contributed by atoms with van der Waals surface area (Å²) < 4.78 is 22.7. The van der Waals surface area contributed by atoms with E-state index in [1.165, 1.54) is 31.3 Å². The molecule has 0 spiro atoms. The lowest BCUT2D eigenvalue weighted by molar-refractivity contribution is 0.0239. The molecule has 1 fully saturated rings. The number of hydrogen-bond acceptors (Lipinski definition) is 7. The van der Waals surface area contributed by atoms with Gasteiger partial charge in [-0.05, 0) is 70.7 Å². The van der Waals surface area contributed by atoms with Gasteiger partial charge in [-0.15, -0.1) is 0 Å². The normalized spacial score (nSPS) is 14.9. The van der Waals surface area contributed by atoms with Crippen LogP contribution in [0.1, 0.15) is 50.4 Å². The molecule has 202 valence electrons. The first-order valence-electron chi connectivity index (χ1n) is 13.1. The molecule has 1 aromatic carbocycles. The topological polar surface area (TPSA) is 103 Å². The van der Waals surface area contributed by atoms with E-state index in [0.717, 1.165) is 40.4 Å². The first-order valence-corrected chi connectivity index (χ1v) is 13.1. The van der Waals surface area contributed by atoms with Crippen LogP contribution < -0.4 is 5.32 Å². The Morgan fingerprint density at radius 2 is 1.90 bits per heavy atom. The van der Waals surface area contributed by atoms with E-state index < -0.39 is 5.60 Å². The van der Waals surface area contributed by atoms with E-state index >= 15 is 0 Å². The predicted molar refractivity (Wildman–Crippen MR) is 143 cm³/mol. The number of hydrogen-bond donors (Lipinski definition) is 1. The standard InChI is InChI=1S/C28H31FN8O2/c1-17-25(19-7-9-21(29)10-8-19)34-37(12-18-5-6-18)26(17)32-23-11-24(31-16-30-23)36-14-20-13-35(15-22(20)33-36)27(38)39-28(2,3)4/h7-11,14,16,18H,5-6,12-13,15H2,1-4H3,(H,30,31,32). The number of fused-ring (bicyclic) bond motifs is 1. The molecular formula is C28H31FN8O2. The second-order valence-electron chi connectivity index (χ2n) is 11.2. The molecule has 6 rings (SSSR count). The maximum Gasteiger partial charge on any atom is 0.410 e. The molecule has 1 aliphatic heterocycles. The van der Waals surface area contributed by atoms with Crippen molar-refractivity contribution in [3.63, 3.8) is 0 Å². The third-order valence-electron chi connectivity index (χ3n) is 6.80. The highest BCUT2D eigenvalue weighted by molar-refractivity contribution is 5.71. The van der Waals surface area contributed by atoms with Gasteiger partial charge in [0.2, 0.25) is 0 Å². The maximum absolute atomic E-state index is 13.5. The van der Waals surface area contributed by atoms with Crippen molar-refractivity contribution < 1.29 is 13.9 Å². The van der Waals surface area contributed by atoms with E-state index in [9.17, 15) is 9.18 Å². The van der Waals surface area contributed by atoms with Crippen LogP contribution in [-0.4, -0.2) is 46.1 Å². The molecule has 10 nitrogen and oxygen atoms in total. The number of amides is 1. The summed E-state index contributed by atoms with van der Waals surface area (Å²) in [5.74, 6) is 2.40. The molecule has 0 bridgehead atoms. The van der Waals surface area contributed by atoms with Crippen molar-refractivity contribution in [2.75, 3.05) is 5.32 Å². The fraction of sp³-hybridized carbons (Fsp3) is 0.393. The molecular weight excluding hydrogens is 499 g/mol. The lowest BCUT2D eigenvalue weighted by Gasteiger charge is -2.24. The number of ether oxygens (including phenoxy) is 1. The van der Waals surface area contributed by atoms with Gasteiger partial charge < -0.3 is 10.1 Å². The largest absolute Gasteiger partial charge is 0.444 e. The molecule has 1 amide bonds. The minimum Gasteiger partial charge on any atom is -0.444 e. The van der Waals surface area contributed by atoms with Gasteiger partial charge in [0.25, 0.3) is 0 Å². The third-order valence-corrected chi connectivity index (χ3v) is 6.80. The summed E-state index contributed by atoms with van der Waals surface area (Å²) >= 11 is 0. The number of carbonyl (C=O) groups is 1. The summed E-state index contributed by atoms with van der Waals surface area (Å²) in [6.07, 6.45) is 5.42. The fourth-order valence-corrected chi connectivity index (χ4v) is 4.66. The third kappa shape index (κ3) is 5.34. The van der Waals surface area contributed by atoms with Crippen LogP contribution in [0.3, 0.4) is 0 Å². The van der Waals surface area contributed by atoms with Crippen LogP contribution in [0.5, 0.6) is 0 Å². The van der Waals surface area contributed by atoms with Gasteiger partial charge in [0.1, 0.15) is 29.4 Å². The maximum atomic E-state index is 13.5. The number of benzene rings is 1. The molecule has 0 atom stereocenters. The molecule has 1 saturated carbocycles. The highest BCUT2D eigenvalue weighted by atomic mass is 19.1. The van der Waals surface area contributed by atoms with Crippen LogP contribution in [0, 0.1) is 18.7 Å². The lowest BCUT2D eigenvalue weighted by atomic mass is 10.1. The Balaban J connectivity index is 1.23. The predicted octanol–water partition coefficient (Wildman–Crippen LogP) is 5.38. The molecule has 4 aromatic rings. The second kappa shape index (κ2) is 9.48. The molecule has 4 heterocycles. The fourth-order valence-electron chi connectivity index (χ4n) is 4.66. The Kier molecular flexibility index (Phi) is 6.08. The van der Waals surface area contributed by atoms with Gasteiger partial charge in [0.15, 0.2) is 5.82 Å². The number of rotatable bonds is 6. The van der Waals surface area contributed by atoms with Gasteiger partial charge in [-0.1, -0.05) is 0 Å². The number of nitrogens with one attached hydrogen (secondary N) is 1. The van der Waals surface area contributed by atoms with Crippen LogP contribution in [0.4, 0.5) is 20.8 Å². The summed E-state index contributed by atoms with van der Waals surface area (Å²) in [5, 5.41) is 13.0. The van der Waals surface area contributed by atoms with E-state index in [1.54, 1.807) is 21.7 Å². The van der Waals surface area contributed by atoms with E-state index in [2.05, 4.69) is 20.4 Å². The number of anilines is 2. The zero-order valence-corrected chi connectivity index (χ0v) is 22.5. The van der Waals surface area contributed by atoms with Gasteiger partial charge in [0.05, 0.1) is 24.5 Å². The van der Waals surface area contributed by atoms with E-state index in [1.807, 2.05) is 44.6 Å². The number of halogens is 1. The van der Waals surface area contributed by atoms with E-state index in [4.69, 9.17) is 9.84 Å².